The summed E-state index contributed by atoms with van der Waals surface area (Å²) in [7, 11) is 0. The number of amides is 2. The topological polar surface area (TPSA) is 62.3 Å². The average Bonchev–Trinajstić information content (AvgIpc) is 3.38. The van der Waals surface area contributed by atoms with Crippen LogP contribution in [0.5, 0.6) is 0 Å². The lowest BCUT2D eigenvalue weighted by Crippen LogP contribution is -2.43. The van der Waals surface area contributed by atoms with Crippen LogP contribution in [-0.4, -0.2) is 34.8 Å². The van der Waals surface area contributed by atoms with E-state index in [1.807, 2.05) is 54.8 Å². The third kappa shape index (κ3) is 4.00. The van der Waals surface area contributed by atoms with Crippen LogP contribution in [0.1, 0.15) is 28.2 Å². The molecule has 28 heavy (non-hydrogen) atoms. The number of hydrogen-bond acceptors (Lipinski definition) is 5. The molecular formula is C21H21N3O2S2. The van der Waals surface area contributed by atoms with Crippen LogP contribution in [0.15, 0.2) is 47.8 Å². The minimum Gasteiger partial charge on any atom is -0.337 e. The van der Waals surface area contributed by atoms with E-state index in [9.17, 15) is 9.59 Å². The molecule has 0 aliphatic carbocycles. The van der Waals surface area contributed by atoms with Gasteiger partial charge in [-0.25, -0.2) is 4.98 Å². The smallest absolute Gasteiger partial charge is 0.265 e. The Balaban J connectivity index is 1.46. The molecule has 1 fully saturated rings. The zero-order chi connectivity index (χ0) is 19.5. The van der Waals surface area contributed by atoms with Gasteiger partial charge in [0.05, 0.1) is 16.5 Å². The van der Waals surface area contributed by atoms with Crippen LogP contribution >= 0.6 is 22.7 Å². The number of rotatable bonds is 4. The fourth-order valence-electron chi connectivity index (χ4n) is 3.39. The number of hydrogen-bond donors (Lipinski definition) is 1. The number of thiazole rings is 1. The van der Waals surface area contributed by atoms with Crippen molar-refractivity contribution in [3.8, 4) is 9.88 Å². The Morgan fingerprint density at radius 3 is 2.75 bits per heavy atom. The quantitative estimate of drug-likeness (QED) is 0.679. The van der Waals surface area contributed by atoms with Crippen molar-refractivity contribution in [3.05, 3.63) is 58.4 Å². The largest absolute Gasteiger partial charge is 0.337 e. The van der Waals surface area contributed by atoms with Crippen LogP contribution < -0.4 is 5.32 Å². The first-order valence-corrected chi connectivity index (χ1v) is 11.0. The first-order valence-electron chi connectivity index (χ1n) is 9.28. The van der Waals surface area contributed by atoms with Crippen LogP contribution in [0.4, 0.5) is 5.69 Å². The molecule has 2 amide bonds. The lowest BCUT2D eigenvalue weighted by molar-refractivity contribution is -0.121. The molecule has 7 heteroatoms. The van der Waals surface area contributed by atoms with E-state index in [-0.39, 0.29) is 17.7 Å². The maximum Gasteiger partial charge on any atom is 0.265 e. The lowest BCUT2D eigenvalue weighted by Gasteiger charge is -2.31. The number of piperidine rings is 1. The van der Waals surface area contributed by atoms with E-state index in [2.05, 4.69) is 10.3 Å². The zero-order valence-corrected chi connectivity index (χ0v) is 17.2. The summed E-state index contributed by atoms with van der Waals surface area (Å²) in [5.41, 5.74) is 1.55. The number of nitrogens with zero attached hydrogens (tertiary/aromatic N) is 2. The van der Waals surface area contributed by atoms with Crippen LogP contribution in [0.25, 0.3) is 9.88 Å². The Morgan fingerprint density at radius 2 is 2.00 bits per heavy atom. The highest BCUT2D eigenvalue weighted by molar-refractivity contribution is 7.22. The maximum absolute atomic E-state index is 13.1. The van der Waals surface area contributed by atoms with Gasteiger partial charge in [0.2, 0.25) is 5.91 Å². The number of nitrogens with one attached hydrogen (secondary N) is 1. The van der Waals surface area contributed by atoms with Gasteiger partial charge in [0.15, 0.2) is 0 Å². The molecule has 3 aromatic rings. The minimum atomic E-state index is -0.192. The Labute approximate surface area is 172 Å². The molecule has 1 aliphatic rings. The van der Waals surface area contributed by atoms with E-state index in [0.717, 1.165) is 34.1 Å². The van der Waals surface area contributed by atoms with Crippen molar-refractivity contribution in [1.82, 2.24) is 9.88 Å². The number of likely N-dealkylation sites (tertiary alicyclic amines) is 1. The highest BCUT2D eigenvalue weighted by Gasteiger charge is 2.30. The fourth-order valence-corrected chi connectivity index (χ4v) is 5.22. The van der Waals surface area contributed by atoms with Gasteiger partial charge in [-0.2, -0.15) is 0 Å². The molecule has 0 spiro atoms. The van der Waals surface area contributed by atoms with Crippen LogP contribution in [0.2, 0.25) is 0 Å². The highest BCUT2D eigenvalue weighted by atomic mass is 32.1. The van der Waals surface area contributed by atoms with Crippen molar-refractivity contribution in [1.29, 1.82) is 0 Å². The van der Waals surface area contributed by atoms with Crippen molar-refractivity contribution in [2.75, 3.05) is 18.4 Å². The van der Waals surface area contributed by atoms with Gasteiger partial charge in [-0.15, -0.1) is 22.7 Å². The second-order valence-electron chi connectivity index (χ2n) is 6.86. The number of carbonyl (C=O) groups excluding carboxylic acids is 2. The molecule has 1 aromatic carbocycles. The fraction of sp³-hybridized carbons (Fsp3) is 0.286. The molecule has 1 atom stereocenters. The molecule has 1 aliphatic heterocycles. The van der Waals surface area contributed by atoms with E-state index in [4.69, 9.17) is 0 Å². The number of carbonyl (C=O) groups is 2. The van der Waals surface area contributed by atoms with Crippen LogP contribution in [0.3, 0.4) is 0 Å². The van der Waals surface area contributed by atoms with Crippen molar-refractivity contribution >= 4 is 40.2 Å². The Hall–Kier alpha value is -2.51. The van der Waals surface area contributed by atoms with Gasteiger partial charge < -0.3 is 10.2 Å². The van der Waals surface area contributed by atoms with Gasteiger partial charge in [-0.3, -0.25) is 9.59 Å². The van der Waals surface area contributed by atoms with E-state index >= 15 is 0 Å². The monoisotopic (exact) mass is 411 g/mol. The molecule has 4 rings (SSSR count). The molecule has 2 aromatic heterocycles. The van der Waals surface area contributed by atoms with E-state index in [1.54, 1.807) is 16.2 Å². The number of aromatic nitrogens is 1. The predicted octanol–water partition coefficient (Wildman–Crippen LogP) is 4.67. The number of benzene rings is 1. The Bertz CT molecular complexity index is 967. The van der Waals surface area contributed by atoms with E-state index < -0.39 is 0 Å². The molecule has 0 radical (unpaired) electrons. The second-order valence-corrected chi connectivity index (χ2v) is 8.80. The first kappa shape index (κ1) is 18.8. The summed E-state index contributed by atoms with van der Waals surface area (Å²) in [5, 5.41) is 5.85. The summed E-state index contributed by atoms with van der Waals surface area (Å²) < 4.78 is 0. The first-order chi connectivity index (χ1) is 13.6. The van der Waals surface area contributed by atoms with Crippen LogP contribution in [0, 0.1) is 12.8 Å². The predicted molar refractivity (Wildman–Crippen MR) is 114 cm³/mol. The number of aryl methyl sites for hydroxylation is 1. The summed E-state index contributed by atoms with van der Waals surface area (Å²) in [4.78, 5) is 33.9. The van der Waals surface area contributed by atoms with Gasteiger partial charge in [0, 0.05) is 18.8 Å². The third-order valence-electron chi connectivity index (χ3n) is 4.84. The molecule has 144 valence electrons. The summed E-state index contributed by atoms with van der Waals surface area (Å²) >= 11 is 3.06. The summed E-state index contributed by atoms with van der Waals surface area (Å²) in [6.45, 7) is 3.01. The Morgan fingerprint density at radius 1 is 1.18 bits per heavy atom. The van der Waals surface area contributed by atoms with Gasteiger partial charge in [0.25, 0.3) is 5.91 Å². The van der Waals surface area contributed by atoms with Crippen molar-refractivity contribution < 1.29 is 9.59 Å². The normalized spacial score (nSPS) is 16.8. The second kappa shape index (κ2) is 8.24. The van der Waals surface area contributed by atoms with Gasteiger partial charge in [0.1, 0.15) is 9.88 Å². The molecule has 5 nitrogen and oxygen atoms in total. The highest BCUT2D eigenvalue weighted by Crippen LogP contribution is 2.32. The van der Waals surface area contributed by atoms with E-state index in [1.165, 1.54) is 11.3 Å². The number of thiophene rings is 1. The Kier molecular flexibility index (Phi) is 5.54. The molecular weight excluding hydrogens is 390 g/mol. The lowest BCUT2D eigenvalue weighted by atomic mass is 9.96. The van der Waals surface area contributed by atoms with Gasteiger partial charge in [-0.05, 0) is 43.3 Å². The third-order valence-corrected chi connectivity index (χ3v) is 7.03. The van der Waals surface area contributed by atoms with Crippen LogP contribution in [-0.2, 0) is 4.79 Å². The molecule has 1 N–H and O–H groups in total. The molecule has 1 unspecified atom stereocenters. The van der Waals surface area contributed by atoms with Gasteiger partial charge >= 0.3 is 0 Å². The average molecular weight is 412 g/mol. The molecule has 3 heterocycles. The number of para-hydroxylation sites is 1. The summed E-state index contributed by atoms with van der Waals surface area (Å²) in [6.07, 6.45) is 1.62. The molecule has 1 saturated heterocycles. The summed E-state index contributed by atoms with van der Waals surface area (Å²) in [6, 6.07) is 13.4. The van der Waals surface area contributed by atoms with Crippen molar-refractivity contribution in [2.24, 2.45) is 5.92 Å². The maximum atomic E-state index is 13.1. The van der Waals surface area contributed by atoms with Crippen molar-refractivity contribution in [2.45, 2.75) is 19.8 Å². The van der Waals surface area contributed by atoms with Gasteiger partial charge in [-0.1, -0.05) is 24.3 Å². The van der Waals surface area contributed by atoms with Crippen molar-refractivity contribution in [3.63, 3.8) is 0 Å². The van der Waals surface area contributed by atoms with E-state index in [0.29, 0.717) is 18.0 Å². The molecule has 0 saturated carbocycles. The molecule has 0 bridgehead atoms. The summed E-state index contributed by atoms with van der Waals surface area (Å²) in [5.74, 6) is -0.234. The zero-order valence-electron chi connectivity index (χ0n) is 15.6. The standard InChI is InChI=1S/C21H21N3O2S2/c1-14-18(28-20(22-14)17-10-6-12-27-17)21(26)24-11-5-7-15(13-24)19(25)23-16-8-3-2-4-9-16/h2-4,6,8-10,12,15H,5,7,11,13H2,1H3,(H,23,25). The number of anilines is 1. The SMILES string of the molecule is Cc1nc(-c2cccs2)sc1C(=O)N1CCCC(C(=O)Nc2ccccc2)C1. The minimum absolute atomic E-state index is 0.0185.